The molecule has 0 aromatic rings. The molecule has 0 saturated carbocycles. The van der Waals surface area contributed by atoms with Gasteiger partial charge in [0.15, 0.2) is 5.96 Å². The Morgan fingerprint density at radius 3 is 2.50 bits per heavy atom. The number of carbonyl (C=O) groups excluding carboxylic acids is 1. The number of hydrogen-bond donors (Lipinski definition) is 1. The molecule has 0 amide bonds. The van der Waals surface area contributed by atoms with Gasteiger partial charge >= 0.3 is 5.97 Å². The Hall–Kier alpha value is -0.610. The van der Waals surface area contributed by atoms with Gasteiger partial charge in [-0.1, -0.05) is 0 Å². The van der Waals surface area contributed by atoms with E-state index in [9.17, 15) is 4.79 Å². The van der Waals surface area contributed by atoms with Gasteiger partial charge in [-0.3, -0.25) is 14.7 Å². The summed E-state index contributed by atoms with van der Waals surface area (Å²) in [5, 5.41) is 3.39. The van der Waals surface area contributed by atoms with Crippen molar-refractivity contribution in [2.24, 2.45) is 10.9 Å². The van der Waals surface area contributed by atoms with Gasteiger partial charge in [0.2, 0.25) is 0 Å². The number of aliphatic imine (C=N–C) groups is 1. The second kappa shape index (κ2) is 13.5. The molecule has 0 atom stereocenters. The third-order valence-corrected chi connectivity index (χ3v) is 4.75. The monoisotopic (exact) mass is 482 g/mol. The van der Waals surface area contributed by atoms with Crippen molar-refractivity contribution in [3.8, 4) is 0 Å². The van der Waals surface area contributed by atoms with E-state index in [-0.39, 0.29) is 35.9 Å². The molecule has 2 heterocycles. The van der Waals surface area contributed by atoms with Gasteiger partial charge in [0.05, 0.1) is 25.7 Å². The Bertz CT molecular complexity index is 423. The number of nitrogens with one attached hydrogen (secondary N) is 1. The van der Waals surface area contributed by atoms with Crippen LogP contribution < -0.4 is 5.32 Å². The maximum Gasteiger partial charge on any atom is 0.309 e. The fourth-order valence-corrected chi connectivity index (χ4v) is 3.32. The molecule has 0 aromatic heterocycles. The summed E-state index contributed by atoms with van der Waals surface area (Å²) in [6.07, 6.45) is 2.75. The zero-order chi connectivity index (χ0) is 17.9. The first kappa shape index (κ1) is 23.4. The van der Waals surface area contributed by atoms with Gasteiger partial charge in [-0.15, -0.1) is 24.0 Å². The van der Waals surface area contributed by atoms with Crippen LogP contribution in [-0.4, -0.2) is 87.4 Å². The molecule has 0 unspecified atom stereocenters. The van der Waals surface area contributed by atoms with Gasteiger partial charge in [0.25, 0.3) is 0 Å². The first-order valence-electron chi connectivity index (χ1n) is 9.74. The topological polar surface area (TPSA) is 66.4 Å². The van der Waals surface area contributed by atoms with Crippen molar-refractivity contribution < 1.29 is 14.3 Å². The zero-order valence-electron chi connectivity index (χ0n) is 16.2. The van der Waals surface area contributed by atoms with E-state index in [1.807, 2.05) is 6.92 Å². The fourth-order valence-electron chi connectivity index (χ4n) is 3.32. The van der Waals surface area contributed by atoms with Crippen LogP contribution in [0.5, 0.6) is 0 Å². The molecule has 2 aliphatic heterocycles. The molecule has 1 N–H and O–H groups in total. The molecule has 8 heteroatoms. The maximum absolute atomic E-state index is 11.9. The number of guanidine groups is 1. The SMILES string of the molecule is CCNC(=NCCCN1CCOCC1)N1CCC(C(=O)OCC)CC1.I. The molecule has 2 fully saturated rings. The van der Waals surface area contributed by atoms with Crippen molar-refractivity contribution in [2.75, 3.05) is 65.6 Å². The van der Waals surface area contributed by atoms with E-state index < -0.39 is 0 Å². The molecule has 2 saturated heterocycles. The minimum Gasteiger partial charge on any atom is -0.466 e. The van der Waals surface area contributed by atoms with Gasteiger partial charge in [-0.25, -0.2) is 0 Å². The normalized spacial score (nSPS) is 19.8. The van der Waals surface area contributed by atoms with Gasteiger partial charge in [0, 0.05) is 45.8 Å². The number of carbonyl (C=O) groups is 1. The van der Waals surface area contributed by atoms with Crippen molar-refractivity contribution in [3.05, 3.63) is 0 Å². The van der Waals surface area contributed by atoms with Crippen LogP contribution in [0.4, 0.5) is 0 Å². The van der Waals surface area contributed by atoms with Gasteiger partial charge < -0.3 is 19.7 Å². The van der Waals surface area contributed by atoms with Crippen molar-refractivity contribution in [2.45, 2.75) is 33.1 Å². The van der Waals surface area contributed by atoms with E-state index >= 15 is 0 Å². The number of rotatable bonds is 7. The average molecular weight is 482 g/mol. The molecule has 2 aliphatic rings. The van der Waals surface area contributed by atoms with Crippen LogP contribution >= 0.6 is 24.0 Å². The summed E-state index contributed by atoms with van der Waals surface area (Å²) in [4.78, 5) is 21.4. The third-order valence-electron chi connectivity index (χ3n) is 4.75. The minimum atomic E-state index is -0.0467. The van der Waals surface area contributed by atoms with Crippen molar-refractivity contribution in [3.63, 3.8) is 0 Å². The molecule has 152 valence electrons. The molecule has 2 rings (SSSR count). The predicted octanol–water partition coefficient (Wildman–Crippen LogP) is 1.57. The van der Waals surface area contributed by atoms with Crippen LogP contribution in [0.1, 0.15) is 33.1 Å². The Labute approximate surface area is 174 Å². The lowest BCUT2D eigenvalue weighted by atomic mass is 9.97. The maximum atomic E-state index is 11.9. The molecule has 7 nitrogen and oxygen atoms in total. The number of piperidine rings is 1. The minimum absolute atomic E-state index is 0. The first-order valence-corrected chi connectivity index (χ1v) is 9.74. The van der Waals surface area contributed by atoms with E-state index in [2.05, 4.69) is 22.0 Å². The Kier molecular flexibility index (Phi) is 12.2. The molecule has 0 radical (unpaired) electrons. The second-order valence-corrected chi connectivity index (χ2v) is 6.56. The third kappa shape index (κ3) is 7.96. The standard InChI is InChI=1S/C18H34N4O3.HI/c1-3-19-18(20-8-5-9-21-12-14-24-15-13-21)22-10-6-16(7-11-22)17(23)25-4-2;/h16H,3-15H2,1-2H3,(H,19,20);1H. The highest BCUT2D eigenvalue weighted by Crippen LogP contribution is 2.18. The van der Waals surface area contributed by atoms with Crippen LogP contribution in [0.2, 0.25) is 0 Å². The van der Waals surface area contributed by atoms with Crippen molar-refractivity contribution in [1.29, 1.82) is 0 Å². The Balaban J connectivity index is 0.00000338. The molecule has 26 heavy (non-hydrogen) atoms. The smallest absolute Gasteiger partial charge is 0.309 e. The van der Waals surface area contributed by atoms with E-state index in [1.165, 1.54) is 0 Å². The first-order chi connectivity index (χ1) is 12.2. The number of ether oxygens (including phenoxy) is 2. The van der Waals surface area contributed by atoms with E-state index in [1.54, 1.807) is 0 Å². The quantitative estimate of drug-likeness (QED) is 0.196. The number of hydrogen-bond acceptors (Lipinski definition) is 5. The van der Waals surface area contributed by atoms with Gasteiger partial charge in [0.1, 0.15) is 0 Å². The van der Waals surface area contributed by atoms with Crippen molar-refractivity contribution >= 4 is 35.9 Å². The summed E-state index contributed by atoms with van der Waals surface area (Å²) in [6.45, 7) is 12.7. The number of likely N-dealkylation sites (tertiary alicyclic amines) is 1. The Morgan fingerprint density at radius 1 is 1.19 bits per heavy atom. The number of halogens is 1. The van der Waals surface area contributed by atoms with Crippen LogP contribution in [-0.2, 0) is 14.3 Å². The predicted molar refractivity (Wildman–Crippen MR) is 114 cm³/mol. The summed E-state index contributed by atoms with van der Waals surface area (Å²) in [5.74, 6) is 0.974. The lowest BCUT2D eigenvalue weighted by Crippen LogP contribution is -2.46. The highest BCUT2D eigenvalue weighted by Gasteiger charge is 2.27. The van der Waals surface area contributed by atoms with Crippen LogP contribution in [0, 0.1) is 5.92 Å². The summed E-state index contributed by atoms with van der Waals surface area (Å²) >= 11 is 0. The van der Waals surface area contributed by atoms with Crippen LogP contribution in [0.3, 0.4) is 0 Å². The second-order valence-electron chi connectivity index (χ2n) is 6.56. The molecule has 0 bridgehead atoms. The van der Waals surface area contributed by atoms with Gasteiger partial charge in [-0.2, -0.15) is 0 Å². The number of morpholine rings is 1. The Morgan fingerprint density at radius 2 is 1.88 bits per heavy atom. The zero-order valence-corrected chi connectivity index (χ0v) is 18.6. The molecular formula is C18H35IN4O3. The number of nitrogens with zero attached hydrogens (tertiary/aromatic N) is 3. The summed E-state index contributed by atoms with van der Waals surface area (Å²) in [7, 11) is 0. The summed E-state index contributed by atoms with van der Waals surface area (Å²) in [6, 6.07) is 0. The molecule has 0 spiro atoms. The van der Waals surface area contributed by atoms with Crippen molar-refractivity contribution in [1.82, 2.24) is 15.1 Å². The van der Waals surface area contributed by atoms with Gasteiger partial charge in [-0.05, 0) is 33.1 Å². The van der Waals surface area contributed by atoms with Crippen LogP contribution in [0.25, 0.3) is 0 Å². The highest BCUT2D eigenvalue weighted by molar-refractivity contribution is 14.0. The summed E-state index contributed by atoms with van der Waals surface area (Å²) in [5.41, 5.74) is 0. The molecule has 0 aromatic carbocycles. The van der Waals surface area contributed by atoms with E-state index in [0.717, 1.165) is 84.2 Å². The summed E-state index contributed by atoms with van der Waals surface area (Å²) < 4.78 is 10.5. The lowest BCUT2D eigenvalue weighted by Gasteiger charge is -2.33. The molecular weight excluding hydrogens is 447 g/mol. The van der Waals surface area contributed by atoms with E-state index in [4.69, 9.17) is 14.5 Å². The van der Waals surface area contributed by atoms with Crippen LogP contribution in [0.15, 0.2) is 4.99 Å². The largest absolute Gasteiger partial charge is 0.466 e. The lowest BCUT2D eigenvalue weighted by molar-refractivity contribution is -0.149. The molecule has 0 aliphatic carbocycles. The fraction of sp³-hybridized carbons (Fsp3) is 0.889. The number of esters is 1. The highest BCUT2D eigenvalue weighted by atomic mass is 127. The average Bonchev–Trinajstić information content (AvgIpc) is 2.65. The van der Waals surface area contributed by atoms with E-state index in [0.29, 0.717) is 6.61 Å².